The maximum atomic E-state index is 6.15. The number of aromatic nitrogens is 8. The molecule has 10 heteroatoms. The molecule has 0 saturated carbocycles. The highest BCUT2D eigenvalue weighted by molar-refractivity contribution is 6.30. The van der Waals surface area contributed by atoms with Crippen LogP contribution in [-0.4, -0.2) is 39.5 Å². The summed E-state index contributed by atoms with van der Waals surface area (Å²) < 4.78 is 5.79. The van der Waals surface area contributed by atoms with Crippen molar-refractivity contribution in [1.82, 2.24) is 39.5 Å². The first kappa shape index (κ1) is 21.5. The van der Waals surface area contributed by atoms with Gasteiger partial charge in [0.2, 0.25) is 5.95 Å². The predicted molar refractivity (Wildman–Crippen MR) is 142 cm³/mol. The molecule has 7 rings (SSSR count). The van der Waals surface area contributed by atoms with E-state index in [2.05, 4.69) is 31.9 Å². The highest BCUT2D eigenvalue weighted by atomic mass is 35.5. The van der Waals surface area contributed by atoms with Gasteiger partial charge in [-0.05, 0) is 55.0 Å². The van der Waals surface area contributed by atoms with Crippen LogP contribution in [0.5, 0.6) is 0 Å². The van der Waals surface area contributed by atoms with Crippen LogP contribution in [0, 0.1) is 6.92 Å². The highest BCUT2D eigenvalue weighted by Crippen LogP contribution is 2.38. The summed E-state index contributed by atoms with van der Waals surface area (Å²) >= 11 is 6.15. The highest BCUT2D eigenvalue weighted by Gasteiger charge is 2.31. The molecule has 4 heterocycles. The van der Waals surface area contributed by atoms with Crippen molar-refractivity contribution in [1.29, 1.82) is 0 Å². The molecule has 0 radical (unpaired) electrons. The van der Waals surface area contributed by atoms with Crippen molar-refractivity contribution >= 4 is 34.3 Å². The van der Waals surface area contributed by atoms with E-state index in [1.165, 1.54) is 0 Å². The Hall–Kier alpha value is -4.76. The molecule has 1 aliphatic heterocycles. The lowest BCUT2D eigenvalue weighted by Gasteiger charge is -2.25. The van der Waals surface area contributed by atoms with Crippen LogP contribution >= 0.6 is 11.6 Å². The molecule has 0 aliphatic carbocycles. The summed E-state index contributed by atoms with van der Waals surface area (Å²) in [6, 6.07) is 25.4. The predicted octanol–water partition coefficient (Wildman–Crippen LogP) is 5.22. The summed E-state index contributed by atoms with van der Waals surface area (Å²) in [6.07, 6.45) is 3.88. The number of hydrogen-bond donors (Lipinski definition) is 1. The number of fused-ring (bicyclic) bond motifs is 2. The summed E-state index contributed by atoms with van der Waals surface area (Å²) in [5, 5.41) is 26.6. The van der Waals surface area contributed by atoms with E-state index >= 15 is 0 Å². The fourth-order valence-electron chi connectivity index (χ4n) is 4.81. The maximum Gasteiger partial charge on any atom is 0.229 e. The summed E-state index contributed by atoms with van der Waals surface area (Å²) in [7, 11) is 0. The van der Waals surface area contributed by atoms with E-state index in [9.17, 15) is 0 Å². The number of benzene rings is 3. The van der Waals surface area contributed by atoms with Gasteiger partial charge < -0.3 is 5.32 Å². The van der Waals surface area contributed by atoms with Crippen molar-refractivity contribution in [3.05, 3.63) is 113 Å². The van der Waals surface area contributed by atoms with Gasteiger partial charge in [0.15, 0.2) is 5.82 Å². The molecule has 3 aromatic carbocycles. The van der Waals surface area contributed by atoms with Crippen molar-refractivity contribution in [2.75, 3.05) is 5.32 Å². The van der Waals surface area contributed by atoms with Gasteiger partial charge >= 0.3 is 0 Å². The van der Waals surface area contributed by atoms with E-state index < -0.39 is 0 Å². The fourth-order valence-corrected chi connectivity index (χ4v) is 4.93. The summed E-state index contributed by atoms with van der Waals surface area (Å²) in [5.74, 6) is 1.44. The van der Waals surface area contributed by atoms with E-state index in [0.717, 1.165) is 45.1 Å². The molecule has 180 valence electrons. The molecule has 1 aliphatic rings. The summed E-state index contributed by atoms with van der Waals surface area (Å²) in [5.41, 5.74) is 6.34. The lowest BCUT2D eigenvalue weighted by molar-refractivity contribution is 0.674. The quantitative estimate of drug-likeness (QED) is 0.353. The Morgan fingerprint density at radius 2 is 1.65 bits per heavy atom. The Labute approximate surface area is 216 Å². The largest absolute Gasteiger partial charge is 0.324 e. The first-order valence-corrected chi connectivity index (χ1v) is 12.2. The van der Waals surface area contributed by atoms with Crippen molar-refractivity contribution < 1.29 is 0 Å². The Balaban J connectivity index is 1.50. The second kappa shape index (κ2) is 8.42. The smallest absolute Gasteiger partial charge is 0.229 e. The molecule has 9 nitrogen and oxygen atoms in total. The van der Waals surface area contributed by atoms with Crippen LogP contribution in [-0.2, 0) is 0 Å². The average molecular weight is 506 g/mol. The average Bonchev–Trinajstić information content (AvgIpc) is 3.66. The van der Waals surface area contributed by atoms with Gasteiger partial charge in [0.1, 0.15) is 11.8 Å². The van der Waals surface area contributed by atoms with Gasteiger partial charge in [-0.25, -0.2) is 4.68 Å². The van der Waals surface area contributed by atoms with Crippen LogP contribution in [0.3, 0.4) is 0 Å². The van der Waals surface area contributed by atoms with Gasteiger partial charge in [-0.15, -0.1) is 15.3 Å². The molecule has 3 aromatic heterocycles. The molecule has 1 atom stereocenters. The topological polar surface area (TPSA) is 91.3 Å². The molecule has 0 fully saturated rings. The van der Waals surface area contributed by atoms with Crippen molar-refractivity contribution in [3.63, 3.8) is 0 Å². The van der Waals surface area contributed by atoms with Gasteiger partial charge in [-0.1, -0.05) is 59.3 Å². The molecule has 0 spiro atoms. The van der Waals surface area contributed by atoms with E-state index in [1.54, 1.807) is 6.33 Å². The van der Waals surface area contributed by atoms with Crippen molar-refractivity contribution in [2.24, 2.45) is 0 Å². The van der Waals surface area contributed by atoms with Crippen molar-refractivity contribution in [2.45, 2.75) is 13.0 Å². The summed E-state index contributed by atoms with van der Waals surface area (Å²) in [6.45, 7) is 2.01. The van der Waals surface area contributed by atoms with E-state index in [-0.39, 0.29) is 6.04 Å². The van der Waals surface area contributed by atoms with Crippen LogP contribution in [0.1, 0.15) is 22.9 Å². The Bertz CT molecular complexity index is 1780. The normalized spacial score (nSPS) is 14.9. The van der Waals surface area contributed by atoms with Crippen LogP contribution < -0.4 is 5.32 Å². The number of halogens is 1. The van der Waals surface area contributed by atoms with Gasteiger partial charge in [0, 0.05) is 16.3 Å². The van der Waals surface area contributed by atoms with Gasteiger partial charge in [-0.3, -0.25) is 4.57 Å². The monoisotopic (exact) mass is 505 g/mol. The number of nitrogens with one attached hydrogen (secondary N) is 1. The van der Waals surface area contributed by atoms with E-state index in [4.69, 9.17) is 16.7 Å². The zero-order valence-corrected chi connectivity index (χ0v) is 20.4. The second-order valence-corrected chi connectivity index (χ2v) is 9.22. The van der Waals surface area contributed by atoms with E-state index in [0.29, 0.717) is 11.0 Å². The van der Waals surface area contributed by atoms with Crippen molar-refractivity contribution in [3.8, 4) is 11.5 Å². The fraction of sp³-hybridized carbons (Fsp3) is 0.0741. The second-order valence-electron chi connectivity index (χ2n) is 8.78. The Morgan fingerprint density at radius 1 is 0.865 bits per heavy atom. The molecule has 0 amide bonds. The lowest BCUT2D eigenvalue weighted by Crippen LogP contribution is -2.21. The van der Waals surface area contributed by atoms with Gasteiger partial charge in [-0.2, -0.15) is 9.78 Å². The van der Waals surface area contributed by atoms with Crippen LogP contribution in [0.4, 0.5) is 5.95 Å². The minimum Gasteiger partial charge on any atom is -0.324 e. The number of nitrogens with zero attached hydrogens (tertiary/aromatic N) is 8. The zero-order chi connectivity index (χ0) is 24.9. The molecular formula is C27H20ClN9. The van der Waals surface area contributed by atoms with Gasteiger partial charge in [0.25, 0.3) is 0 Å². The number of hydrogen-bond acceptors (Lipinski definition) is 6. The standard InChI is InChI=1S/C27H20ClN9/c1-17-25(24-15-22(18-11-13-19(28)14-12-18)30-27-32-29-16-35(24)27)26(36(33-17)20-7-3-2-4-8-20)37-23-10-6-5-9-21(23)31-34-37/h2-16,24H,1H3,(H,30,32). The minimum absolute atomic E-state index is 0.257. The SMILES string of the molecule is Cc1nn(-c2ccccc2)c(-n2nnc3ccccc32)c1C1C=C(c2ccc(Cl)cc2)Nc2nncn21. The molecule has 6 aromatic rings. The number of anilines is 1. The molecule has 0 bridgehead atoms. The number of aryl methyl sites for hydroxylation is 1. The molecule has 37 heavy (non-hydrogen) atoms. The molecule has 0 saturated heterocycles. The van der Waals surface area contributed by atoms with Crippen LogP contribution in [0.15, 0.2) is 91.3 Å². The zero-order valence-electron chi connectivity index (χ0n) is 19.7. The first-order chi connectivity index (χ1) is 18.2. The molecule has 1 N–H and O–H groups in total. The Kier molecular flexibility index (Phi) is 4.90. The maximum absolute atomic E-state index is 6.15. The number of allylic oxidation sites excluding steroid dienone is 1. The third-order valence-electron chi connectivity index (χ3n) is 6.53. The molecular weight excluding hydrogens is 486 g/mol. The third kappa shape index (κ3) is 3.51. The minimum atomic E-state index is -0.257. The number of para-hydroxylation sites is 2. The van der Waals surface area contributed by atoms with Gasteiger partial charge in [0.05, 0.1) is 22.9 Å². The Morgan fingerprint density at radius 3 is 2.49 bits per heavy atom. The third-order valence-corrected chi connectivity index (χ3v) is 6.78. The van der Waals surface area contributed by atoms with E-state index in [1.807, 2.05) is 99.7 Å². The number of rotatable bonds is 4. The molecule has 1 unspecified atom stereocenters. The lowest BCUT2D eigenvalue weighted by atomic mass is 10.0. The first-order valence-electron chi connectivity index (χ1n) is 11.8. The van der Waals surface area contributed by atoms with Crippen LogP contribution in [0.25, 0.3) is 28.2 Å². The summed E-state index contributed by atoms with van der Waals surface area (Å²) in [4.78, 5) is 0. The van der Waals surface area contributed by atoms with Crippen LogP contribution in [0.2, 0.25) is 5.02 Å².